The van der Waals surface area contributed by atoms with Gasteiger partial charge in [-0.1, -0.05) is 37.1 Å². The zero-order chi connectivity index (χ0) is 26.8. The van der Waals surface area contributed by atoms with Crippen molar-refractivity contribution >= 4 is 51.5 Å². The van der Waals surface area contributed by atoms with Gasteiger partial charge in [0.05, 0.1) is 11.2 Å². The molecule has 4 aromatic rings. The van der Waals surface area contributed by atoms with Crippen LogP contribution in [0, 0.1) is 6.92 Å². The Kier molecular flexibility index (Phi) is 7.06. The van der Waals surface area contributed by atoms with Crippen LogP contribution in [0.15, 0.2) is 60.8 Å². The third-order valence-corrected chi connectivity index (χ3v) is 7.66. The third-order valence-electron chi connectivity index (χ3n) is 6.81. The second kappa shape index (κ2) is 10.6. The summed E-state index contributed by atoms with van der Waals surface area (Å²) in [5, 5.41) is 4.01. The molecule has 2 aromatic heterocycles. The van der Waals surface area contributed by atoms with Crippen LogP contribution in [0.2, 0.25) is 0 Å². The highest BCUT2D eigenvalue weighted by atomic mass is 32.1. The predicted molar refractivity (Wildman–Crippen MR) is 148 cm³/mol. The Labute approximate surface area is 224 Å². The minimum Gasteiger partial charge on any atom is -0.395 e. The van der Waals surface area contributed by atoms with Crippen molar-refractivity contribution in [1.29, 1.82) is 0 Å². The molecule has 5 rings (SSSR count). The number of rotatable bonds is 7. The number of carbonyl (C=O) groups excluding carboxylic acids is 3. The number of carbonyl (C=O) groups is 3. The van der Waals surface area contributed by atoms with Gasteiger partial charge in [0.1, 0.15) is 10.9 Å². The first kappa shape index (κ1) is 25.3. The molecular formula is C28H28N6O3S. The number of aryl methyl sites for hydroxylation is 1. The van der Waals surface area contributed by atoms with Gasteiger partial charge in [0, 0.05) is 23.3 Å². The quantitative estimate of drug-likeness (QED) is 0.329. The number of anilines is 2. The van der Waals surface area contributed by atoms with E-state index < -0.39 is 17.9 Å². The molecule has 0 radical (unpaired) electrons. The predicted octanol–water partition coefficient (Wildman–Crippen LogP) is 4.13. The molecule has 9 nitrogen and oxygen atoms in total. The van der Waals surface area contributed by atoms with Crippen LogP contribution in [0.1, 0.15) is 63.0 Å². The number of primary amides is 1. The summed E-state index contributed by atoms with van der Waals surface area (Å²) in [5.74, 6) is -1.67. The van der Waals surface area contributed by atoms with E-state index in [9.17, 15) is 14.4 Å². The van der Waals surface area contributed by atoms with Gasteiger partial charge in [0.2, 0.25) is 5.91 Å². The Bertz CT molecular complexity index is 1530. The normalized spacial score (nSPS) is 14.3. The van der Waals surface area contributed by atoms with Gasteiger partial charge in [-0.25, -0.2) is 0 Å². The molecule has 1 unspecified atom stereocenters. The standard InChI is InChI=1S/C28H28N6O3S/c1-16-6-4-10-20(14-16)34(28(37)25-22(29)23(26(30)35)33-38-25)24(27(36)32-19-8-2-3-9-19)18-11-12-21-17(15-18)7-5-13-31-21/h4-7,10-15,19,24H,2-3,8-9,29H2,1H3,(H2,30,35)(H,32,36). The van der Waals surface area contributed by atoms with Gasteiger partial charge in [0.25, 0.3) is 11.8 Å². The number of nitrogens with two attached hydrogens (primary N) is 2. The second-order valence-corrected chi connectivity index (χ2v) is 10.3. The Morgan fingerprint density at radius 3 is 2.58 bits per heavy atom. The molecule has 1 atom stereocenters. The van der Waals surface area contributed by atoms with Crippen molar-refractivity contribution in [3.63, 3.8) is 0 Å². The number of pyridine rings is 1. The molecule has 194 valence electrons. The topological polar surface area (TPSA) is 144 Å². The number of fused-ring (bicyclic) bond motifs is 1. The number of amides is 3. The van der Waals surface area contributed by atoms with Crippen molar-refractivity contribution in [2.24, 2.45) is 5.73 Å². The molecule has 10 heteroatoms. The maximum atomic E-state index is 14.2. The zero-order valence-electron chi connectivity index (χ0n) is 20.9. The van der Waals surface area contributed by atoms with Gasteiger partial charge in [-0.2, -0.15) is 4.37 Å². The Morgan fingerprint density at radius 1 is 1.08 bits per heavy atom. The van der Waals surface area contributed by atoms with Crippen molar-refractivity contribution in [2.75, 3.05) is 10.6 Å². The number of aromatic nitrogens is 2. The molecular weight excluding hydrogens is 500 g/mol. The van der Waals surface area contributed by atoms with E-state index in [0.29, 0.717) is 11.3 Å². The average molecular weight is 529 g/mol. The van der Waals surface area contributed by atoms with E-state index in [1.165, 1.54) is 4.90 Å². The maximum absolute atomic E-state index is 14.2. The molecule has 5 N–H and O–H groups in total. The van der Waals surface area contributed by atoms with Crippen LogP contribution in [0.5, 0.6) is 0 Å². The van der Waals surface area contributed by atoms with E-state index in [1.807, 2.05) is 55.5 Å². The number of nitrogens with zero attached hydrogens (tertiary/aromatic N) is 3. The zero-order valence-corrected chi connectivity index (χ0v) is 21.7. The van der Waals surface area contributed by atoms with Crippen LogP contribution >= 0.6 is 11.5 Å². The summed E-state index contributed by atoms with van der Waals surface area (Å²) < 4.78 is 4.02. The largest absolute Gasteiger partial charge is 0.395 e. The summed E-state index contributed by atoms with van der Waals surface area (Å²) in [5.41, 5.74) is 14.1. The molecule has 1 saturated carbocycles. The van der Waals surface area contributed by atoms with E-state index in [1.54, 1.807) is 12.3 Å². The fourth-order valence-corrected chi connectivity index (χ4v) is 5.67. The lowest BCUT2D eigenvalue weighted by Crippen LogP contribution is -2.46. The van der Waals surface area contributed by atoms with E-state index >= 15 is 0 Å². The van der Waals surface area contributed by atoms with Gasteiger partial charge < -0.3 is 16.8 Å². The molecule has 1 fully saturated rings. The maximum Gasteiger partial charge on any atom is 0.273 e. The minimum absolute atomic E-state index is 0.0384. The van der Waals surface area contributed by atoms with Crippen LogP contribution in [-0.2, 0) is 4.79 Å². The molecule has 3 amide bonds. The van der Waals surface area contributed by atoms with Crippen LogP contribution in [0.4, 0.5) is 11.4 Å². The number of nitrogen functional groups attached to an aromatic ring is 1. The molecule has 2 heterocycles. The molecule has 1 aliphatic carbocycles. The Morgan fingerprint density at radius 2 is 1.87 bits per heavy atom. The van der Waals surface area contributed by atoms with Crippen molar-refractivity contribution in [2.45, 2.75) is 44.7 Å². The summed E-state index contributed by atoms with van der Waals surface area (Å²) in [6.45, 7) is 1.91. The second-order valence-electron chi connectivity index (χ2n) is 9.50. The van der Waals surface area contributed by atoms with Crippen molar-refractivity contribution in [3.05, 3.63) is 82.5 Å². The average Bonchev–Trinajstić information content (AvgIpc) is 3.56. The smallest absolute Gasteiger partial charge is 0.273 e. The number of nitrogens with one attached hydrogen (secondary N) is 1. The summed E-state index contributed by atoms with van der Waals surface area (Å²) in [7, 11) is 0. The van der Waals surface area contributed by atoms with E-state index in [2.05, 4.69) is 14.7 Å². The van der Waals surface area contributed by atoms with Gasteiger partial charge in [-0.3, -0.25) is 24.3 Å². The first-order valence-corrected chi connectivity index (χ1v) is 13.2. The summed E-state index contributed by atoms with van der Waals surface area (Å²) in [6, 6.07) is 15.6. The molecule has 2 aromatic carbocycles. The van der Waals surface area contributed by atoms with Crippen molar-refractivity contribution < 1.29 is 14.4 Å². The molecule has 1 aliphatic rings. The molecule has 0 bridgehead atoms. The lowest BCUT2D eigenvalue weighted by molar-refractivity contribution is -0.123. The van der Waals surface area contributed by atoms with Gasteiger partial charge in [-0.05, 0) is 72.8 Å². The van der Waals surface area contributed by atoms with E-state index in [-0.39, 0.29) is 28.2 Å². The highest BCUT2D eigenvalue weighted by Crippen LogP contribution is 2.35. The molecule has 0 saturated heterocycles. The van der Waals surface area contributed by atoms with E-state index in [4.69, 9.17) is 11.5 Å². The van der Waals surface area contributed by atoms with Crippen LogP contribution in [-0.4, -0.2) is 33.1 Å². The molecule has 38 heavy (non-hydrogen) atoms. The molecule has 0 aliphatic heterocycles. The summed E-state index contributed by atoms with van der Waals surface area (Å²) in [4.78, 5) is 45.9. The van der Waals surface area contributed by atoms with Crippen LogP contribution in [0.3, 0.4) is 0 Å². The minimum atomic E-state index is -1.02. The van der Waals surface area contributed by atoms with Gasteiger partial charge in [-0.15, -0.1) is 0 Å². The third kappa shape index (κ3) is 4.95. The summed E-state index contributed by atoms with van der Waals surface area (Å²) >= 11 is 0.791. The van der Waals surface area contributed by atoms with E-state index in [0.717, 1.165) is 53.7 Å². The van der Waals surface area contributed by atoms with Gasteiger partial charge >= 0.3 is 0 Å². The van der Waals surface area contributed by atoms with Gasteiger partial charge in [0.15, 0.2) is 5.69 Å². The first-order valence-electron chi connectivity index (χ1n) is 12.4. The lowest BCUT2D eigenvalue weighted by atomic mass is 9.99. The number of benzene rings is 2. The lowest BCUT2D eigenvalue weighted by Gasteiger charge is -2.32. The van der Waals surface area contributed by atoms with Crippen molar-refractivity contribution in [1.82, 2.24) is 14.7 Å². The number of hydrogen-bond donors (Lipinski definition) is 3. The van der Waals surface area contributed by atoms with Crippen LogP contribution in [0.25, 0.3) is 10.9 Å². The monoisotopic (exact) mass is 528 g/mol. The summed E-state index contributed by atoms with van der Waals surface area (Å²) in [6.07, 6.45) is 5.58. The molecule has 0 spiro atoms. The fraction of sp³-hybridized carbons (Fsp3) is 0.250. The number of hydrogen-bond acceptors (Lipinski definition) is 7. The highest BCUT2D eigenvalue weighted by Gasteiger charge is 2.37. The highest BCUT2D eigenvalue weighted by molar-refractivity contribution is 7.09. The Hall–Kier alpha value is -4.31. The first-order chi connectivity index (χ1) is 18.3. The Balaban J connectivity index is 1.68. The fourth-order valence-electron chi connectivity index (χ4n) is 4.93. The van der Waals surface area contributed by atoms with Crippen LogP contribution < -0.4 is 21.7 Å². The SMILES string of the molecule is Cc1cccc(N(C(=O)c2snc(C(N)=O)c2N)C(C(=O)NC2CCCC2)c2ccc3ncccc3c2)c1. The van der Waals surface area contributed by atoms with Crippen molar-refractivity contribution in [3.8, 4) is 0 Å².